The van der Waals surface area contributed by atoms with Gasteiger partial charge in [-0.3, -0.25) is 4.98 Å². The van der Waals surface area contributed by atoms with Crippen LogP contribution < -0.4 is 0 Å². The van der Waals surface area contributed by atoms with E-state index >= 15 is 0 Å². The average Bonchev–Trinajstić information content (AvgIpc) is 1.85. The molecule has 0 N–H and O–H groups in total. The van der Waals surface area contributed by atoms with Crippen LogP contribution in [0.2, 0.25) is 0 Å². The van der Waals surface area contributed by atoms with E-state index in [0.29, 0.717) is 0 Å². The molecule has 1 heterocycles. The summed E-state index contributed by atoms with van der Waals surface area (Å²) in [6, 6.07) is 1.93. The lowest BCUT2D eigenvalue weighted by Gasteiger charge is -2.04. The van der Waals surface area contributed by atoms with Gasteiger partial charge in [0.1, 0.15) is 4.84 Å². The van der Waals surface area contributed by atoms with Crippen molar-refractivity contribution in [1.29, 1.82) is 0 Å². The van der Waals surface area contributed by atoms with Crippen molar-refractivity contribution in [1.82, 2.24) is 4.98 Å². The van der Waals surface area contributed by atoms with Crippen molar-refractivity contribution in [3.05, 3.63) is 28.0 Å². The van der Waals surface area contributed by atoms with E-state index in [2.05, 4.69) is 20.9 Å². The molecule has 11 heavy (non-hydrogen) atoms. The Labute approximate surface area is 83.9 Å². The molecule has 0 bridgehead atoms. The van der Waals surface area contributed by atoms with Gasteiger partial charge in [0.05, 0.1) is 5.69 Å². The molecule has 0 atom stereocenters. The topological polar surface area (TPSA) is 12.9 Å². The van der Waals surface area contributed by atoms with E-state index in [0.717, 1.165) is 15.7 Å². The van der Waals surface area contributed by atoms with Crippen molar-refractivity contribution in [2.75, 3.05) is 0 Å². The smallest absolute Gasteiger partial charge is 0.149 e. The van der Waals surface area contributed by atoms with Crippen LogP contribution in [0.25, 0.3) is 0 Å². The normalized spacial score (nSPS) is 10.6. The van der Waals surface area contributed by atoms with Gasteiger partial charge in [0.25, 0.3) is 0 Å². The fraction of sp³-hybridized carbons (Fsp3) is 0.286. The standard InChI is InChI=1S/C7H6BrCl2N/c1-4-2-5(8)3-11-6(4)7(9)10/h2-3,7H,1H3. The number of rotatable bonds is 1. The van der Waals surface area contributed by atoms with E-state index in [4.69, 9.17) is 23.2 Å². The number of alkyl halides is 2. The molecule has 0 aliphatic heterocycles. The molecule has 0 aromatic carbocycles. The minimum atomic E-state index is -0.539. The number of halogens is 3. The van der Waals surface area contributed by atoms with Crippen molar-refractivity contribution < 1.29 is 0 Å². The van der Waals surface area contributed by atoms with Gasteiger partial charge in [-0.1, -0.05) is 23.2 Å². The van der Waals surface area contributed by atoms with E-state index in [1.54, 1.807) is 6.20 Å². The molecule has 0 fully saturated rings. The van der Waals surface area contributed by atoms with Crippen molar-refractivity contribution in [3.63, 3.8) is 0 Å². The second-order valence-corrected chi connectivity index (χ2v) is 4.17. The second kappa shape index (κ2) is 3.74. The van der Waals surface area contributed by atoms with Gasteiger partial charge in [0.2, 0.25) is 0 Å². The van der Waals surface area contributed by atoms with E-state index < -0.39 is 4.84 Å². The highest BCUT2D eigenvalue weighted by molar-refractivity contribution is 9.10. The fourth-order valence-corrected chi connectivity index (χ4v) is 1.68. The zero-order chi connectivity index (χ0) is 8.43. The molecule has 1 rings (SSSR count). The lowest BCUT2D eigenvalue weighted by molar-refractivity contribution is 1.09. The molecule has 0 amide bonds. The summed E-state index contributed by atoms with van der Waals surface area (Å²) >= 11 is 14.6. The largest absolute Gasteiger partial charge is 0.257 e. The summed E-state index contributed by atoms with van der Waals surface area (Å²) in [6.45, 7) is 1.92. The van der Waals surface area contributed by atoms with Crippen LogP contribution in [0.4, 0.5) is 0 Å². The van der Waals surface area contributed by atoms with Crippen molar-refractivity contribution in [2.24, 2.45) is 0 Å². The zero-order valence-electron chi connectivity index (χ0n) is 5.81. The highest BCUT2D eigenvalue weighted by Crippen LogP contribution is 2.26. The third kappa shape index (κ3) is 2.32. The van der Waals surface area contributed by atoms with Crippen molar-refractivity contribution >= 4 is 39.1 Å². The molecule has 0 unspecified atom stereocenters. The van der Waals surface area contributed by atoms with Crippen LogP contribution in [0.1, 0.15) is 16.1 Å². The highest BCUT2D eigenvalue weighted by atomic mass is 79.9. The molecule has 0 saturated heterocycles. The number of pyridine rings is 1. The summed E-state index contributed by atoms with van der Waals surface area (Å²) in [5.41, 5.74) is 1.71. The Morgan fingerprint density at radius 1 is 1.55 bits per heavy atom. The van der Waals surface area contributed by atoms with Gasteiger partial charge in [-0.25, -0.2) is 0 Å². The first-order valence-corrected chi connectivity index (χ1v) is 4.68. The number of hydrogen-bond donors (Lipinski definition) is 0. The van der Waals surface area contributed by atoms with Crippen molar-refractivity contribution in [2.45, 2.75) is 11.8 Å². The number of aryl methyl sites for hydroxylation is 1. The molecule has 1 aromatic heterocycles. The summed E-state index contributed by atoms with van der Waals surface area (Å²) in [5, 5.41) is 0. The second-order valence-electron chi connectivity index (χ2n) is 2.16. The molecule has 0 saturated carbocycles. The minimum absolute atomic E-state index is 0.539. The van der Waals surface area contributed by atoms with E-state index in [-0.39, 0.29) is 0 Å². The summed E-state index contributed by atoms with van der Waals surface area (Å²) < 4.78 is 0.938. The molecular formula is C7H6BrCl2N. The van der Waals surface area contributed by atoms with Crippen LogP contribution in [0.5, 0.6) is 0 Å². The van der Waals surface area contributed by atoms with Crippen LogP contribution >= 0.6 is 39.1 Å². The van der Waals surface area contributed by atoms with Gasteiger partial charge in [-0.15, -0.1) is 0 Å². The van der Waals surface area contributed by atoms with Gasteiger partial charge in [0, 0.05) is 10.7 Å². The van der Waals surface area contributed by atoms with Gasteiger partial charge >= 0.3 is 0 Å². The first-order chi connectivity index (χ1) is 5.11. The fourth-order valence-electron chi connectivity index (χ4n) is 0.780. The predicted molar refractivity (Wildman–Crippen MR) is 51.1 cm³/mol. The molecule has 4 heteroatoms. The molecule has 1 nitrogen and oxygen atoms in total. The molecule has 0 aliphatic carbocycles. The monoisotopic (exact) mass is 253 g/mol. The van der Waals surface area contributed by atoms with Crippen LogP contribution in [0, 0.1) is 6.92 Å². The Kier molecular flexibility index (Phi) is 3.16. The lowest BCUT2D eigenvalue weighted by Crippen LogP contribution is -1.91. The SMILES string of the molecule is Cc1cc(Br)cnc1C(Cl)Cl. The Bertz CT molecular complexity index is 263. The maximum Gasteiger partial charge on any atom is 0.149 e. The van der Waals surface area contributed by atoms with Crippen LogP contribution in [0.15, 0.2) is 16.7 Å². The van der Waals surface area contributed by atoms with Gasteiger partial charge in [-0.2, -0.15) is 0 Å². The maximum absolute atomic E-state index is 5.65. The van der Waals surface area contributed by atoms with E-state index in [1.807, 2.05) is 13.0 Å². The average molecular weight is 255 g/mol. The summed E-state index contributed by atoms with van der Waals surface area (Å²) in [4.78, 5) is 3.53. The molecule has 60 valence electrons. The van der Waals surface area contributed by atoms with Crippen LogP contribution in [-0.4, -0.2) is 4.98 Å². The van der Waals surface area contributed by atoms with Crippen molar-refractivity contribution in [3.8, 4) is 0 Å². The molecular weight excluding hydrogens is 249 g/mol. The highest BCUT2D eigenvalue weighted by Gasteiger charge is 2.07. The number of hydrogen-bond acceptors (Lipinski definition) is 1. The Balaban J connectivity index is 3.09. The summed E-state index contributed by atoms with van der Waals surface area (Å²) in [5.74, 6) is 0. The van der Waals surface area contributed by atoms with Gasteiger partial charge in [-0.05, 0) is 34.5 Å². The third-order valence-electron chi connectivity index (χ3n) is 1.29. The summed E-state index contributed by atoms with van der Waals surface area (Å²) in [6.07, 6.45) is 1.68. The maximum atomic E-state index is 5.65. The quantitative estimate of drug-likeness (QED) is 0.698. The lowest BCUT2D eigenvalue weighted by atomic mass is 10.2. The number of nitrogens with zero attached hydrogens (tertiary/aromatic N) is 1. The number of aromatic nitrogens is 1. The Morgan fingerprint density at radius 3 is 2.64 bits per heavy atom. The molecule has 1 aromatic rings. The molecule has 0 aliphatic rings. The zero-order valence-corrected chi connectivity index (χ0v) is 8.91. The predicted octanol–water partition coefficient (Wildman–Crippen LogP) is 3.63. The third-order valence-corrected chi connectivity index (χ3v) is 2.14. The van der Waals surface area contributed by atoms with Gasteiger partial charge in [0.15, 0.2) is 0 Å². The molecule has 0 radical (unpaired) electrons. The van der Waals surface area contributed by atoms with Gasteiger partial charge < -0.3 is 0 Å². The van der Waals surface area contributed by atoms with E-state index in [1.165, 1.54) is 0 Å². The van der Waals surface area contributed by atoms with Crippen LogP contribution in [0.3, 0.4) is 0 Å². The Hall–Kier alpha value is 0.210. The first-order valence-electron chi connectivity index (χ1n) is 3.01. The van der Waals surface area contributed by atoms with E-state index in [9.17, 15) is 0 Å². The Morgan fingerprint density at radius 2 is 2.18 bits per heavy atom. The summed E-state index contributed by atoms with van der Waals surface area (Å²) in [7, 11) is 0. The van der Waals surface area contributed by atoms with Crippen LogP contribution in [-0.2, 0) is 0 Å². The first kappa shape index (κ1) is 9.30. The molecule has 0 spiro atoms. The minimum Gasteiger partial charge on any atom is -0.257 e.